The van der Waals surface area contributed by atoms with Crippen molar-refractivity contribution >= 4 is 0 Å². The summed E-state index contributed by atoms with van der Waals surface area (Å²) in [7, 11) is 0. The molecule has 0 amide bonds. The highest BCUT2D eigenvalue weighted by Gasteiger charge is 2.24. The standard InChI is InChI=1S/C16H22FN3/c1-4-12-10-13(5-2)20(19-12)16(11(3)18)14-8-6-7-9-15(14)17/h6-11,16H,4-5,18H2,1-3H3. The molecule has 2 aromatic rings. The molecule has 2 unspecified atom stereocenters. The Hall–Kier alpha value is -1.68. The third kappa shape index (κ3) is 2.75. The molecule has 0 bridgehead atoms. The van der Waals surface area contributed by atoms with E-state index in [9.17, 15) is 4.39 Å². The van der Waals surface area contributed by atoms with E-state index in [4.69, 9.17) is 5.73 Å². The summed E-state index contributed by atoms with van der Waals surface area (Å²) in [6.45, 7) is 6.03. The molecule has 1 aromatic heterocycles. The van der Waals surface area contributed by atoms with Gasteiger partial charge in [0.1, 0.15) is 5.82 Å². The van der Waals surface area contributed by atoms with Gasteiger partial charge in [0, 0.05) is 17.3 Å². The fourth-order valence-corrected chi connectivity index (χ4v) is 2.52. The molecule has 2 rings (SSSR count). The fourth-order valence-electron chi connectivity index (χ4n) is 2.52. The first-order valence-corrected chi connectivity index (χ1v) is 7.15. The van der Waals surface area contributed by atoms with E-state index in [0.717, 1.165) is 24.2 Å². The van der Waals surface area contributed by atoms with Crippen LogP contribution in [0, 0.1) is 5.82 Å². The van der Waals surface area contributed by atoms with Gasteiger partial charge in [0.25, 0.3) is 0 Å². The van der Waals surface area contributed by atoms with Crippen molar-refractivity contribution in [3.8, 4) is 0 Å². The van der Waals surface area contributed by atoms with E-state index < -0.39 is 0 Å². The number of hydrogen-bond donors (Lipinski definition) is 1. The van der Waals surface area contributed by atoms with Gasteiger partial charge in [-0.05, 0) is 31.9 Å². The van der Waals surface area contributed by atoms with Crippen LogP contribution in [-0.4, -0.2) is 15.8 Å². The van der Waals surface area contributed by atoms with Crippen molar-refractivity contribution in [2.45, 2.75) is 45.7 Å². The summed E-state index contributed by atoms with van der Waals surface area (Å²) < 4.78 is 16.0. The predicted molar refractivity (Wildman–Crippen MR) is 79.2 cm³/mol. The van der Waals surface area contributed by atoms with Crippen LogP contribution in [0.2, 0.25) is 0 Å². The fraction of sp³-hybridized carbons (Fsp3) is 0.438. The van der Waals surface area contributed by atoms with E-state index in [1.54, 1.807) is 12.1 Å². The minimum Gasteiger partial charge on any atom is -0.326 e. The lowest BCUT2D eigenvalue weighted by molar-refractivity contribution is 0.421. The number of aromatic nitrogens is 2. The highest BCUT2D eigenvalue weighted by atomic mass is 19.1. The molecular formula is C16H22FN3. The molecule has 3 nitrogen and oxygen atoms in total. The molecule has 4 heteroatoms. The Labute approximate surface area is 119 Å². The lowest BCUT2D eigenvalue weighted by Crippen LogP contribution is -2.32. The summed E-state index contributed by atoms with van der Waals surface area (Å²) in [5.74, 6) is -0.231. The van der Waals surface area contributed by atoms with Gasteiger partial charge in [-0.3, -0.25) is 4.68 Å². The smallest absolute Gasteiger partial charge is 0.128 e. The molecule has 0 aliphatic rings. The third-order valence-corrected chi connectivity index (χ3v) is 3.57. The van der Waals surface area contributed by atoms with Crippen LogP contribution >= 0.6 is 0 Å². The number of nitrogens with zero attached hydrogens (tertiary/aromatic N) is 2. The average Bonchev–Trinajstić information content (AvgIpc) is 2.84. The molecule has 2 atom stereocenters. The largest absolute Gasteiger partial charge is 0.326 e. The van der Waals surface area contributed by atoms with Crippen molar-refractivity contribution in [2.75, 3.05) is 0 Å². The van der Waals surface area contributed by atoms with E-state index in [2.05, 4.69) is 25.0 Å². The maximum absolute atomic E-state index is 14.1. The van der Waals surface area contributed by atoms with Crippen molar-refractivity contribution in [2.24, 2.45) is 5.73 Å². The van der Waals surface area contributed by atoms with Crippen molar-refractivity contribution in [3.63, 3.8) is 0 Å². The molecule has 0 aliphatic carbocycles. The first-order chi connectivity index (χ1) is 9.58. The van der Waals surface area contributed by atoms with E-state index >= 15 is 0 Å². The van der Waals surface area contributed by atoms with Gasteiger partial charge in [0.15, 0.2) is 0 Å². The summed E-state index contributed by atoms with van der Waals surface area (Å²) in [4.78, 5) is 0. The van der Waals surface area contributed by atoms with E-state index in [-0.39, 0.29) is 17.9 Å². The minimum atomic E-state index is -0.272. The van der Waals surface area contributed by atoms with Gasteiger partial charge in [-0.15, -0.1) is 0 Å². The van der Waals surface area contributed by atoms with Gasteiger partial charge >= 0.3 is 0 Å². The monoisotopic (exact) mass is 275 g/mol. The van der Waals surface area contributed by atoms with Gasteiger partial charge in [0.05, 0.1) is 11.7 Å². The van der Waals surface area contributed by atoms with Gasteiger partial charge in [-0.25, -0.2) is 4.39 Å². The summed E-state index contributed by atoms with van der Waals surface area (Å²) in [5, 5.41) is 4.61. The molecule has 1 aromatic carbocycles. The average molecular weight is 275 g/mol. The Morgan fingerprint density at radius 3 is 2.50 bits per heavy atom. The van der Waals surface area contributed by atoms with Crippen LogP contribution < -0.4 is 5.73 Å². The molecule has 0 spiro atoms. The van der Waals surface area contributed by atoms with E-state index in [1.165, 1.54) is 6.07 Å². The van der Waals surface area contributed by atoms with Crippen molar-refractivity contribution in [1.82, 2.24) is 9.78 Å². The van der Waals surface area contributed by atoms with Gasteiger partial charge in [0.2, 0.25) is 0 Å². The second kappa shape index (κ2) is 6.18. The number of benzene rings is 1. The third-order valence-electron chi connectivity index (χ3n) is 3.57. The topological polar surface area (TPSA) is 43.8 Å². The Kier molecular flexibility index (Phi) is 4.55. The molecule has 0 radical (unpaired) electrons. The molecule has 1 heterocycles. The second-order valence-corrected chi connectivity index (χ2v) is 5.10. The molecule has 2 N–H and O–H groups in total. The number of halogens is 1. The number of rotatable bonds is 5. The highest BCUT2D eigenvalue weighted by Crippen LogP contribution is 2.25. The molecule has 0 saturated carbocycles. The minimum absolute atomic E-state index is 0.221. The van der Waals surface area contributed by atoms with Gasteiger partial charge in [-0.2, -0.15) is 5.10 Å². The van der Waals surface area contributed by atoms with Crippen LogP contribution in [0.5, 0.6) is 0 Å². The van der Waals surface area contributed by atoms with Crippen LogP contribution in [0.3, 0.4) is 0 Å². The van der Waals surface area contributed by atoms with Crippen LogP contribution in [-0.2, 0) is 12.8 Å². The summed E-state index contributed by atoms with van der Waals surface area (Å²) in [6, 6.07) is 8.38. The summed E-state index contributed by atoms with van der Waals surface area (Å²) in [6.07, 6.45) is 1.72. The zero-order chi connectivity index (χ0) is 14.7. The Bertz CT molecular complexity index is 575. The van der Waals surface area contributed by atoms with Gasteiger partial charge in [-0.1, -0.05) is 32.0 Å². The predicted octanol–water partition coefficient (Wildman–Crippen LogP) is 3.08. The highest BCUT2D eigenvalue weighted by molar-refractivity contribution is 5.25. The second-order valence-electron chi connectivity index (χ2n) is 5.10. The molecule has 0 fully saturated rings. The van der Waals surface area contributed by atoms with Crippen LogP contribution in [0.1, 0.15) is 43.8 Å². The van der Waals surface area contributed by atoms with Crippen molar-refractivity contribution < 1.29 is 4.39 Å². The number of nitrogens with two attached hydrogens (primary N) is 1. The van der Waals surface area contributed by atoms with E-state index in [1.807, 2.05) is 17.7 Å². The van der Waals surface area contributed by atoms with Crippen molar-refractivity contribution in [1.29, 1.82) is 0 Å². The summed E-state index contributed by atoms with van der Waals surface area (Å²) in [5.41, 5.74) is 8.82. The number of hydrogen-bond acceptors (Lipinski definition) is 2. The van der Waals surface area contributed by atoms with Crippen LogP contribution in [0.4, 0.5) is 4.39 Å². The lowest BCUT2D eigenvalue weighted by Gasteiger charge is -2.24. The van der Waals surface area contributed by atoms with Crippen LogP contribution in [0.25, 0.3) is 0 Å². The zero-order valence-electron chi connectivity index (χ0n) is 12.3. The maximum atomic E-state index is 14.1. The SMILES string of the molecule is CCc1cc(CC)n(C(c2ccccc2F)C(C)N)n1. The molecule has 108 valence electrons. The lowest BCUT2D eigenvalue weighted by atomic mass is 10.00. The first kappa shape index (κ1) is 14.7. The molecular weight excluding hydrogens is 253 g/mol. The normalized spacial score (nSPS) is 14.2. The first-order valence-electron chi connectivity index (χ1n) is 7.15. The molecule has 20 heavy (non-hydrogen) atoms. The van der Waals surface area contributed by atoms with E-state index in [0.29, 0.717) is 5.56 Å². The van der Waals surface area contributed by atoms with Crippen LogP contribution in [0.15, 0.2) is 30.3 Å². The number of aryl methyl sites for hydroxylation is 2. The molecule has 0 aliphatic heterocycles. The van der Waals surface area contributed by atoms with Crippen molar-refractivity contribution in [3.05, 3.63) is 53.1 Å². The Morgan fingerprint density at radius 2 is 1.95 bits per heavy atom. The quantitative estimate of drug-likeness (QED) is 0.911. The maximum Gasteiger partial charge on any atom is 0.128 e. The Balaban J connectivity index is 2.54. The molecule has 0 saturated heterocycles. The zero-order valence-corrected chi connectivity index (χ0v) is 12.3. The summed E-state index contributed by atoms with van der Waals surface area (Å²) >= 11 is 0. The van der Waals surface area contributed by atoms with Gasteiger partial charge < -0.3 is 5.73 Å². The Morgan fingerprint density at radius 1 is 1.25 bits per heavy atom.